The van der Waals surface area contributed by atoms with Crippen LogP contribution in [0.3, 0.4) is 0 Å². The summed E-state index contributed by atoms with van der Waals surface area (Å²) in [6, 6.07) is 1.34. The lowest BCUT2D eigenvalue weighted by molar-refractivity contribution is 0.0988. The second-order valence-electron chi connectivity index (χ2n) is 5.36. The van der Waals surface area contributed by atoms with Crippen molar-refractivity contribution in [2.24, 2.45) is 7.05 Å². The number of aryl methyl sites for hydroxylation is 2. The smallest absolute Gasteiger partial charge is 0.261 e. The molecule has 3 aromatic rings. The lowest BCUT2D eigenvalue weighted by Crippen LogP contribution is -2.30. The molecule has 0 aliphatic carbocycles. The average molecular weight is 328 g/mol. The molecule has 0 fully saturated rings. The molecule has 0 N–H and O–H groups in total. The van der Waals surface area contributed by atoms with E-state index in [1.807, 2.05) is 6.92 Å². The van der Waals surface area contributed by atoms with Gasteiger partial charge >= 0.3 is 0 Å². The number of nitrogens with zero attached hydrogens (tertiary/aromatic N) is 6. The van der Waals surface area contributed by atoms with Crippen LogP contribution in [0, 0.1) is 12.7 Å². The fraction of sp³-hybridized carbons (Fsp3) is 0.250. The molecule has 3 aromatic heterocycles. The Balaban J connectivity index is 1.97. The van der Waals surface area contributed by atoms with E-state index in [9.17, 15) is 9.18 Å². The van der Waals surface area contributed by atoms with Crippen LogP contribution in [0.5, 0.6) is 0 Å². The van der Waals surface area contributed by atoms with Gasteiger partial charge in [-0.25, -0.2) is 9.07 Å². The molecule has 0 saturated carbocycles. The third kappa shape index (κ3) is 2.90. The average Bonchev–Trinajstić information content (AvgIpc) is 3.15. The summed E-state index contributed by atoms with van der Waals surface area (Å²) in [7, 11) is 1.76. The Morgan fingerprint density at radius 3 is 2.71 bits per heavy atom. The fourth-order valence-electron chi connectivity index (χ4n) is 2.49. The highest BCUT2D eigenvalue weighted by molar-refractivity contribution is 6.06. The first-order valence-electron chi connectivity index (χ1n) is 7.47. The molecule has 3 heterocycles. The minimum Gasteiger partial charge on any atom is -0.305 e. The summed E-state index contributed by atoms with van der Waals surface area (Å²) < 4.78 is 16.5. The van der Waals surface area contributed by atoms with Crippen LogP contribution >= 0.6 is 0 Å². The van der Waals surface area contributed by atoms with Crippen LogP contribution in [-0.2, 0) is 7.05 Å². The number of halogens is 1. The molecule has 3 rings (SSSR count). The third-order valence-corrected chi connectivity index (χ3v) is 3.63. The maximum atomic E-state index is 13.4. The van der Waals surface area contributed by atoms with E-state index in [0.717, 1.165) is 6.20 Å². The zero-order valence-corrected chi connectivity index (χ0v) is 13.6. The molecule has 24 heavy (non-hydrogen) atoms. The minimum atomic E-state index is -0.444. The van der Waals surface area contributed by atoms with Gasteiger partial charge < -0.3 is 4.90 Å². The molecular formula is C16H17FN6O. The first-order valence-corrected chi connectivity index (χ1v) is 7.47. The molecule has 8 heteroatoms. The molecule has 0 aromatic carbocycles. The Morgan fingerprint density at radius 1 is 1.29 bits per heavy atom. The van der Waals surface area contributed by atoms with Gasteiger partial charge in [-0.1, -0.05) is 0 Å². The maximum absolute atomic E-state index is 13.4. The van der Waals surface area contributed by atoms with Crippen molar-refractivity contribution >= 4 is 11.6 Å². The number of amides is 1. The van der Waals surface area contributed by atoms with Crippen molar-refractivity contribution in [3.63, 3.8) is 0 Å². The first-order chi connectivity index (χ1) is 11.5. The third-order valence-electron chi connectivity index (χ3n) is 3.63. The predicted octanol–water partition coefficient (Wildman–Crippen LogP) is 2.12. The summed E-state index contributed by atoms with van der Waals surface area (Å²) in [5.41, 5.74) is 2.32. The van der Waals surface area contributed by atoms with Crippen LogP contribution in [0.25, 0.3) is 5.69 Å². The van der Waals surface area contributed by atoms with Gasteiger partial charge in [0.1, 0.15) is 5.82 Å². The standard InChI is InChI=1S/C16H17FN6O/c1-4-22(16(24)12-6-19-21(3)9-12)15-10-23(20-11(15)2)14-5-13(17)7-18-8-14/h5-10H,4H2,1-3H3. The van der Waals surface area contributed by atoms with Crippen molar-refractivity contribution in [2.75, 3.05) is 11.4 Å². The van der Waals surface area contributed by atoms with Crippen molar-refractivity contribution in [3.8, 4) is 5.69 Å². The topological polar surface area (TPSA) is 68.8 Å². The van der Waals surface area contributed by atoms with E-state index in [2.05, 4.69) is 15.2 Å². The Hall–Kier alpha value is -3.03. The Kier molecular flexibility index (Phi) is 4.11. The molecular weight excluding hydrogens is 311 g/mol. The summed E-state index contributed by atoms with van der Waals surface area (Å²) >= 11 is 0. The van der Waals surface area contributed by atoms with Crippen LogP contribution in [0.1, 0.15) is 23.0 Å². The van der Waals surface area contributed by atoms with Gasteiger partial charge in [0.2, 0.25) is 0 Å². The Labute approximate surface area is 138 Å². The monoisotopic (exact) mass is 328 g/mol. The highest BCUT2D eigenvalue weighted by Crippen LogP contribution is 2.23. The number of anilines is 1. The lowest BCUT2D eigenvalue weighted by atomic mass is 10.2. The van der Waals surface area contributed by atoms with Gasteiger partial charge in [-0.3, -0.25) is 14.5 Å². The van der Waals surface area contributed by atoms with Gasteiger partial charge in [0.05, 0.1) is 47.4 Å². The zero-order valence-electron chi connectivity index (χ0n) is 13.6. The van der Waals surface area contributed by atoms with E-state index in [1.54, 1.807) is 35.9 Å². The van der Waals surface area contributed by atoms with E-state index in [-0.39, 0.29) is 5.91 Å². The molecule has 0 unspecified atom stereocenters. The highest BCUT2D eigenvalue weighted by Gasteiger charge is 2.21. The fourth-order valence-corrected chi connectivity index (χ4v) is 2.49. The van der Waals surface area contributed by atoms with Gasteiger partial charge in [0.15, 0.2) is 0 Å². The van der Waals surface area contributed by atoms with Crippen LogP contribution in [-0.4, -0.2) is 37.0 Å². The van der Waals surface area contributed by atoms with Crippen LogP contribution in [0.2, 0.25) is 0 Å². The predicted molar refractivity (Wildman–Crippen MR) is 86.6 cm³/mol. The normalized spacial score (nSPS) is 10.8. The zero-order chi connectivity index (χ0) is 17.3. The molecule has 1 amide bonds. The van der Waals surface area contributed by atoms with Crippen LogP contribution < -0.4 is 4.90 Å². The number of carbonyl (C=O) groups excluding carboxylic acids is 1. The highest BCUT2D eigenvalue weighted by atomic mass is 19.1. The molecule has 0 radical (unpaired) electrons. The number of aromatic nitrogens is 5. The molecule has 0 bridgehead atoms. The van der Waals surface area contributed by atoms with E-state index >= 15 is 0 Å². The Morgan fingerprint density at radius 2 is 2.08 bits per heavy atom. The Bertz CT molecular complexity index is 884. The molecule has 0 saturated heterocycles. The van der Waals surface area contributed by atoms with Crippen molar-refractivity contribution in [1.82, 2.24) is 24.5 Å². The SMILES string of the molecule is CCN(C(=O)c1cnn(C)c1)c1cn(-c2cncc(F)c2)nc1C. The summed E-state index contributed by atoms with van der Waals surface area (Å²) in [5.74, 6) is -0.605. The number of hydrogen-bond donors (Lipinski definition) is 0. The van der Waals surface area contributed by atoms with Gasteiger partial charge in [-0.05, 0) is 13.8 Å². The second-order valence-corrected chi connectivity index (χ2v) is 5.36. The minimum absolute atomic E-state index is 0.161. The van der Waals surface area contributed by atoms with Crippen molar-refractivity contribution < 1.29 is 9.18 Å². The molecule has 0 atom stereocenters. The maximum Gasteiger partial charge on any atom is 0.261 e. The van der Waals surface area contributed by atoms with Gasteiger partial charge in [-0.15, -0.1) is 0 Å². The van der Waals surface area contributed by atoms with Gasteiger partial charge in [-0.2, -0.15) is 10.2 Å². The number of carbonyl (C=O) groups is 1. The number of rotatable bonds is 4. The van der Waals surface area contributed by atoms with Crippen LogP contribution in [0.15, 0.2) is 37.1 Å². The molecule has 7 nitrogen and oxygen atoms in total. The van der Waals surface area contributed by atoms with Crippen molar-refractivity contribution in [1.29, 1.82) is 0 Å². The van der Waals surface area contributed by atoms with E-state index < -0.39 is 5.82 Å². The summed E-state index contributed by atoms with van der Waals surface area (Å²) in [5, 5.41) is 8.40. The number of hydrogen-bond acceptors (Lipinski definition) is 4. The second kappa shape index (κ2) is 6.23. The summed E-state index contributed by atoms with van der Waals surface area (Å²) in [4.78, 5) is 18.1. The van der Waals surface area contributed by atoms with Gasteiger partial charge in [0.25, 0.3) is 5.91 Å². The summed E-state index contributed by atoms with van der Waals surface area (Å²) in [6.07, 6.45) is 7.54. The summed E-state index contributed by atoms with van der Waals surface area (Å²) in [6.45, 7) is 4.16. The number of pyridine rings is 1. The van der Waals surface area contributed by atoms with Crippen LogP contribution in [0.4, 0.5) is 10.1 Å². The molecule has 124 valence electrons. The molecule has 0 spiro atoms. The largest absolute Gasteiger partial charge is 0.305 e. The van der Waals surface area contributed by atoms with Gasteiger partial charge in [0, 0.05) is 25.9 Å². The van der Waals surface area contributed by atoms with E-state index in [1.165, 1.54) is 23.1 Å². The molecule has 0 aliphatic heterocycles. The lowest BCUT2D eigenvalue weighted by Gasteiger charge is -2.19. The first kappa shape index (κ1) is 15.9. The van der Waals surface area contributed by atoms with Crippen molar-refractivity contribution in [3.05, 3.63) is 54.1 Å². The van der Waals surface area contributed by atoms with E-state index in [4.69, 9.17) is 0 Å². The van der Waals surface area contributed by atoms with Crippen molar-refractivity contribution in [2.45, 2.75) is 13.8 Å². The van der Waals surface area contributed by atoms with E-state index in [0.29, 0.717) is 29.2 Å². The molecule has 0 aliphatic rings. The quantitative estimate of drug-likeness (QED) is 0.735.